The number of nitrogens with zero attached hydrogens (tertiary/aromatic N) is 1. The van der Waals surface area contributed by atoms with E-state index < -0.39 is 10.0 Å². The number of nitrogens with one attached hydrogen (secondary N) is 1. The molecule has 23 heavy (non-hydrogen) atoms. The average Bonchev–Trinajstić information content (AvgIpc) is 2.47. The zero-order valence-electron chi connectivity index (χ0n) is 12.8. The molecule has 0 aliphatic rings. The van der Waals surface area contributed by atoms with Crippen molar-refractivity contribution in [2.45, 2.75) is 6.54 Å². The summed E-state index contributed by atoms with van der Waals surface area (Å²) in [5.41, 5.74) is 1.03. The second-order valence-electron chi connectivity index (χ2n) is 5.21. The van der Waals surface area contributed by atoms with E-state index >= 15 is 0 Å². The molecule has 0 heterocycles. The van der Waals surface area contributed by atoms with Crippen LogP contribution in [0.1, 0.15) is 15.9 Å². The van der Waals surface area contributed by atoms with Crippen molar-refractivity contribution in [2.24, 2.45) is 0 Å². The van der Waals surface area contributed by atoms with Crippen LogP contribution in [0.5, 0.6) is 0 Å². The molecule has 2 rings (SSSR count). The third kappa shape index (κ3) is 4.79. The van der Waals surface area contributed by atoms with E-state index in [4.69, 9.17) is 0 Å². The molecule has 0 fully saturated rings. The molecule has 2 aromatic rings. The monoisotopic (exact) mass is 336 g/mol. The van der Waals surface area contributed by atoms with Gasteiger partial charge >= 0.3 is 0 Å². The lowest BCUT2D eigenvalue weighted by Gasteiger charge is -2.18. The molecule has 0 aliphatic carbocycles. The Morgan fingerprint density at radius 3 is 2.52 bits per heavy atom. The summed E-state index contributed by atoms with van der Waals surface area (Å²) in [6.07, 6.45) is 1.03. The lowest BCUT2D eigenvalue weighted by molar-refractivity contribution is 0.0784. The van der Waals surface area contributed by atoms with Crippen LogP contribution in [-0.4, -0.2) is 32.5 Å². The van der Waals surface area contributed by atoms with Gasteiger partial charge in [0, 0.05) is 30.4 Å². The molecule has 0 aromatic heterocycles. The van der Waals surface area contributed by atoms with Crippen LogP contribution in [0.3, 0.4) is 0 Å². The minimum Gasteiger partial charge on any atom is -0.337 e. The number of carbonyl (C=O) groups is 1. The molecule has 0 atom stereocenters. The fourth-order valence-corrected chi connectivity index (χ4v) is 2.66. The van der Waals surface area contributed by atoms with Gasteiger partial charge in [0.15, 0.2) is 0 Å². The van der Waals surface area contributed by atoms with Crippen LogP contribution in [0.15, 0.2) is 48.5 Å². The fraction of sp³-hybridized carbons (Fsp3) is 0.188. The summed E-state index contributed by atoms with van der Waals surface area (Å²) in [6, 6.07) is 12.4. The molecule has 0 spiro atoms. The van der Waals surface area contributed by atoms with Gasteiger partial charge in [-0.05, 0) is 24.3 Å². The lowest BCUT2D eigenvalue weighted by Crippen LogP contribution is -2.26. The maximum Gasteiger partial charge on any atom is 0.253 e. The molecule has 7 heteroatoms. The number of hydrogen-bond donors (Lipinski definition) is 1. The Balaban J connectivity index is 2.16. The number of sulfonamides is 1. The zero-order chi connectivity index (χ0) is 17.0. The second-order valence-corrected chi connectivity index (χ2v) is 6.96. The van der Waals surface area contributed by atoms with Gasteiger partial charge in [0.1, 0.15) is 5.82 Å². The van der Waals surface area contributed by atoms with Crippen LogP contribution < -0.4 is 4.72 Å². The zero-order valence-corrected chi connectivity index (χ0v) is 13.6. The van der Waals surface area contributed by atoms with E-state index in [1.54, 1.807) is 43.4 Å². The van der Waals surface area contributed by atoms with Crippen LogP contribution in [0.25, 0.3) is 0 Å². The van der Waals surface area contributed by atoms with Crippen molar-refractivity contribution < 1.29 is 17.6 Å². The number of rotatable bonds is 5. The predicted molar refractivity (Wildman–Crippen MR) is 87.1 cm³/mol. The summed E-state index contributed by atoms with van der Waals surface area (Å²) < 4.78 is 38.5. The molecule has 5 nitrogen and oxygen atoms in total. The van der Waals surface area contributed by atoms with Gasteiger partial charge in [-0.15, -0.1) is 0 Å². The van der Waals surface area contributed by atoms with E-state index in [2.05, 4.69) is 4.72 Å². The number of carbonyl (C=O) groups excluding carboxylic acids is 1. The first-order valence-electron chi connectivity index (χ1n) is 6.83. The summed E-state index contributed by atoms with van der Waals surface area (Å²) in [6.45, 7) is 0.120. The molecular formula is C16H17FN2O3S. The number of benzene rings is 2. The summed E-state index contributed by atoms with van der Waals surface area (Å²) in [7, 11) is -1.86. The van der Waals surface area contributed by atoms with Gasteiger partial charge in [0.2, 0.25) is 10.0 Å². The molecule has 1 amide bonds. The first-order chi connectivity index (χ1) is 10.8. The maximum absolute atomic E-state index is 13.7. The van der Waals surface area contributed by atoms with E-state index in [-0.39, 0.29) is 18.3 Å². The van der Waals surface area contributed by atoms with Crippen molar-refractivity contribution in [3.8, 4) is 0 Å². The minimum atomic E-state index is -3.42. The molecule has 0 unspecified atom stereocenters. The summed E-state index contributed by atoms with van der Waals surface area (Å²) >= 11 is 0. The van der Waals surface area contributed by atoms with E-state index in [1.165, 1.54) is 17.0 Å². The molecule has 0 bridgehead atoms. The lowest BCUT2D eigenvalue weighted by atomic mass is 10.1. The predicted octanol–water partition coefficient (Wildman–Crippen LogP) is 2.47. The SMILES string of the molecule is CN(Cc1ccccc1F)C(=O)c1cccc(NS(C)(=O)=O)c1. The van der Waals surface area contributed by atoms with Gasteiger partial charge < -0.3 is 4.90 Å². The smallest absolute Gasteiger partial charge is 0.253 e. The minimum absolute atomic E-state index is 0.120. The van der Waals surface area contributed by atoms with Crippen LogP contribution in [0.4, 0.5) is 10.1 Å². The topological polar surface area (TPSA) is 66.5 Å². The highest BCUT2D eigenvalue weighted by molar-refractivity contribution is 7.92. The normalized spacial score (nSPS) is 11.1. The molecule has 0 aliphatic heterocycles. The third-order valence-corrected chi connectivity index (χ3v) is 3.73. The second kappa shape index (κ2) is 6.78. The number of hydrogen-bond acceptors (Lipinski definition) is 3. The van der Waals surface area contributed by atoms with Crippen molar-refractivity contribution in [3.63, 3.8) is 0 Å². The fourth-order valence-electron chi connectivity index (χ4n) is 2.10. The summed E-state index contributed by atoms with van der Waals surface area (Å²) in [5.74, 6) is -0.704. The van der Waals surface area contributed by atoms with Crippen LogP contribution in [-0.2, 0) is 16.6 Å². The molecular weight excluding hydrogens is 319 g/mol. The van der Waals surface area contributed by atoms with Gasteiger partial charge in [-0.3, -0.25) is 9.52 Å². The Morgan fingerprint density at radius 2 is 1.87 bits per heavy atom. The summed E-state index contributed by atoms with van der Waals surface area (Å²) in [4.78, 5) is 13.8. The first-order valence-corrected chi connectivity index (χ1v) is 8.72. The summed E-state index contributed by atoms with van der Waals surface area (Å²) in [5, 5.41) is 0. The Bertz CT molecular complexity index is 822. The van der Waals surface area contributed by atoms with Gasteiger partial charge in [0.25, 0.3) is 5.91 Å². The number of halogens is 1. The highest BCUT2D eigenvalue weighted by atomic mass is 32.2. The van der Waals surface area contributed by atoms with Gasteiger partial charge in [-0.25, -0.2) is 12.8 Å². The molecule has 0 saturated heterocycles. The van der Waals surface area contributed by atoms with E-state index in [0.717, 1.165) is 6.26 Å². The quantitative estimate of drug-likeness (QED) is 0.912. The van der Waals surface area contributed by atoms with Crippen molar-refractivity contribution in [1.29, 1.82) is 0 Å². The maximum atomic E-state index is 13.7. The van der Waals surface area contributed by atoms with Gasteiger partial charge in [0.05, 0.1) is 6.26 Å². The largest absolute Gasteiger partial charge is 0.337 e. The molecule has 0 saturated carbocycles. The standard InChI is InChI=1S/C16H17FN2O3S/c1-19(11-13-6-3-4-9-15(13)17)16(20)12-7-5-8-14(10-12)18-23(2,21)22/h3-10,18H,11H2,1-2H3. The highest BCUT2D eigenvalue weighted by Gasteiger charge is 2.14. The van der Waals surface area contributed by atoms with Gasteiger partial charge in [-0.2, -0.15) is 0 Å². The molecule has 1 N–H and O–H groups in total. The number of amides is 1. The van der Waals surface area contributed by atoms with Crippen molar-refractivity contribution in [1.82, 2.24) is 4.90 Å². The Labute approximate surface area is 134 Å². The van der Waals surface area contributed by atoms with Crippen molar-refractivity contribution >= 4 is 21.6 Å². The average molecular weight is 336 g/mol. The molecule has 122 valence electrons. The third-order valence-electron chi connectivity index (χ3n) is 3.12. The van der Waals surface area contributed by atoms with Crippen LogP contribution >= 0.6 is 0 Å². The van der Waals surface area contributed by atoms with E-state index in [1.807, 2.05) is 0 Å². The Morgan fingerprint density at radius 1 is 1.17 bits per heavy atom. The first kappa shape index (κ1) is 17.0. The Kier molecular flexibility index (Phi) is 5.00. The highest BCUT2D eigenvalue weighted by Crippen LogP contribution is 2.15. The van der Waals surface area contributed by atoms with Crippen LogP contribution in [0.2, 0.25) is 0 Å². The van der Waals surface area contributed by atoms with Crippen molar-refractivity contribution in [2.75, 3.05) is 18.0 Å². The van der Waals surface area contributed by atoms with E-state index in [0.29, 0.717) is 16.8 Å². The van der Waals surface area contributed by atoms with Crippen LogP contribution in [0, 0.1) is 5.82 Å². The Hall–Kier alpha value is -2.41. The van der Waals surface area contributed by atoms with Crippen molar-refractivity contribution in [3.05, 3.63) is 65.5 Å². The number of anilines is 1. The van der Waals surface area contributed by atoms with Gasteiger partial charge in [-0.1, -0.05) is 24.3 Å². The van der Waals surface area contributed by atoms with E-state index in [9.17, 15) is 17.6 Å². The molecule has 2 aromatic carbocycles. The molecule has 0 radical (unpaired) electrons.